The minimum Gasteiger partial charge on any atom is -0.508 e. The number of carbonyl (C=O) groups excluding carboxylic acids is 5. The number of benzene rings is 4. The molecule has 1 aromatic heterocycles. The highest BCUT2D eigenvalue weighted by molar-refractivity contribution is 5.97. The number of aromatic hydroxyl groups is 1. The van der Waals surface area contributed by atoms with Crippen LogP contribution in [0.1, 0.15) is 35.2 Å². The molecule has 0 radical (unpaired) electrons. The Morgan fingerprint density at radius 2 is 1.29 bits per heavy atom. The molecule has 1 aliphatic heterocycles. The van der Waals surface area contributed by atoms with E-state index in [1.165, 1.54) is 12.1 Å². The molecule has 17 heteroatoms. The molecular weight excluding hydrogens is 755 g/mol. The van der Waals surface area contributed by atoms with E-state index >= 15 is 0 Å². The van der Waals surface area contributed by atoms with Crippen molar-refractivity contribution >= 4 is 46.3 Å². The topological polar surface area (TPSA) is 261 Å². The fourth-order valence-corrected chi connectivity index (χ4v) is 6.71. The fourth-order valence-electron chi connectivity index (χ4n) is 6.71. The van der Waals surface area contributed by atoms with Crippen molar-refractivity contribution < 1.29 is 29.1 Å². The first-order valence-corrected chi connectivity index (χ1v) is 19.2. The molecule has 10 N–H and O–H groups in total. The number of aliphatic imine (C=N–C) groups is 1. The Kier molecular flexibility index (Phi) is 13.8. The molecule has 1 fully saturated rings. The van der Waals surface area contributed by atoms with Gasteiger partial charge in [0.25, 0.3) is 0 Å². The molecule has 2 heterocycles. The van der Waals surface area contributed by atoms with Gasteiger partial charge in [0.15, 0.2) is 5.96 Å². The summed E-state index contributed by atoms with van der Waals surface area (Å²) in [7, 11) is 0. The van der Waals surface area contributed by atoms with Crippen LogP contribution in [-0.2, 0) is 49.8 Å². The van der Waals surface area contributed by atoms with Crippen LogP contribution in [-0.4, -0.2) is 92.9 Å². The number of hydrogen-bond acceptors (Lipinski definition) is 9. The van der Waals surface area contributed by atoms with Crippen LogP contribution in [0.3, 0.4) is 0 Å². The molecule has 0 saturated carbocycles. The summed E-state index contributed by atoms with van der Waals surface area (Å²) in [5, 5.41) is 33.9. The molecule has 306 valence electrons. The molecule has 59 heavy (non-hydrogen) atoms. The molecule has 0 aliphatic carbocycles. The Balaban J connectivity index is 1.32. The smallest absolute Gasteiger partial charge is 0.243 e. The zero-order valence-corrected chi connectivity index (χ0v) is 32.2. The lowest BCUT2D eigenvalue weighted by molar-refractivity contribution is -0.134. The largest absolute Gasteiger partial charge is 0.508 e. The van der Waals surface area contributed by atoms with Crippen molar-refractivity contribution in [3.63, 3.8) is 0 Å². The van der Waals surface area contributed by atoms with Crippen LogP contribution in [0.2, 0.25) is 0 Å². The molecule has 0 bridgehead atoms. The van der Waals surface area contributed by atoms with Gasteiger partial charge in [0, 0.05) is 32.0 Å². The van der Waals surface area contributed by atoms with Gasteiger partial charge in [-0.25, -0.2) is 4.68 Å². The minimum atomic E-state index is -1.30. The van der Waals surface area contributed by atoms with Crippen molar-refractivity contribution in [2.75, 3.05) is 13.1 Å². The van der Waals surface area contributed by atoms with Gasteiger partial charge in [-0.3, -0.25) is 29.0 Å². The van der Waals surface area contributed by atoms with Gasteiger partial charge in [-0.15, -0.1) is 5.10 Å². The average Bonchev–Trinajstić information content (AvgIpc) is 3.67. The van der Waals surface area contributed by atoms with Crippen molar-refractivity contribution in [3.8, 4) is 5.75 Å². The van der Waals surface area contributed by atoms with Crippen LogP contribution in [0, 0.1) is 0 Å². The summed E-state index contributed by atoms with van der Waals surface area (Å²) in [5.41, 5.74) is 13.7. The number of rotatable bonds is 12. The lowest BCUT2D eigenvalue weighted by atomic mass is 10.0. The third-order valence-corrected chi connectivity index (χ3v) is 9.74. The molecule has 0 unspecified atom stereocenters. The highest BCUT2D eigenvalue weighted by Crippen LogP contribution is 2.18. The van der Waals surface area contributed by atoms with Crippen LogP contribution in [0.4, 0.5) is 0 Å². The minimum absolute atomic E-state index is 0.0123. The Hall–Kier alpha value is -7.30. The second kappa shape index (κ2) is 19.7. The predicted octanol–water partition coefficient (Wildman–Crippen LogP) is 0.336. The third-order valence-electron chi connectivity index (χ3n) is 9.74. The van der Waals surface area contributed by atoms with Crippen LogP contribution >= 0.6 is 0 Å². The third kappa shape index (κ3) is 12.1. The summed E-state index contributed by atoms with van der Waals surface area (Å²) < 4.78 is 1.60. The van der Waals surface area contributed by atoms with Crippen LogP contribution in [0.15, 0.2) is 108 Å². The number of nitrogens with two attached hydrogens (primary N) is 2. The van der Waals surface area contributed by atoms with Gasteiger partial charge >= 0.3 is 0 Å². The van der Waals surface area contributed by atoms with E-state index in [1.54, 1.807) is 23.0 Å². The maximum Gasteiger partial charge on any atom is 0.243 e. The first-order valence-electron chi connectivity index (χ1n) is 19.2. The second-order valence-electron chi connectivity index (χ2n) is 14.3. The predicted molar refractivity (Wildman–Crippen MR) is 219 cm³/mol. The SMILES string of the molecule is NC(N)=NCCC[C@@H]1NC(=O)[C@H](Cc2cn(Cc3ccccc3)nn2)NC(=O)[C@@H](Cc2ccc(O)cc2)NC(=O)CNC(=O)[C@H](Cc2ccc3ccccc3c2)NC1=O. The van der Waals surface area contributed by atoms with E-state index in [1.807, 2.05) is 72.8 Å². The Bertz CT molecular complexity index is 2290. The number of aromatic nitrogens is 3. The standard InChI is InChI=1S/C42H47N11O6/c43-42(44)45-18-6-11-33-39(57)49-34(21-28-12-15-29-9-4-5-10-30(29)19-28)38(56)46-23-37(55)47-35(20-26-13-16-32(54)17-14-26)40(58)50-36(41(59)48-33)22-31-25-53(52-51-31)24-27-7-2-1-3-8-27/h1-5,7-10,12-17,19,25,33-36,54H,6,11,18,20-24H2,(H,46,56)(H,47,55)(H,48,59)(H,49,57)(H,50,58)(H4,43,44,45)/t33-,34-,35+,36-/m0/s1. The van der Waals surface area contributed by atoms with Crippen molar-refractivity contribution in [2.45, 2.75) is 62.8 Å². The molecule has 5 aromatic rings. The summed E-state index contributed by atoms with van der Waals surface area (Å²) in [6.07, 6.45) is 1.91. The van der Waals surface area contributed by atoms with Crippen LogP contribution in [0.5, 0.6) is 5.75 Å². The number of hydrogen-bond donors (Lipinski definition) is 8. The number of guanidine groups is 1. The zero-order valence-electron chi connectivity index (χ0n) is 32.2. The normalized spacial score (nSPS) is 19.3. The molecule has 5 amide bonds. The zero-order chi connectivity index (χ0) is 41.7. The van der Waals surface area contributed by atoms with E-state index in [0.717, 1.165) is 21.9 Å². The molecule has 1 aliphatic rings. The second-order valence-corrected chi connectivity index (χ2v) is 14.3. The molecule has 0 spiro atoms. The first kappa shape index (κ1) is 41.3. The van der Waals surface area contributed by atoms with Crippen molar-refractivity contribution in [3.05, 3.63) is 126 Å². The van der Waals surface area contributed by atoms with Gasteiger partial charge in [-0.2, -0.15) is 0 Å². The van der Waals surface area contributed by atoms with E-state index in [4.69, 9.17) is 11.5 Å². The number of phenolic OH excluding ortho intramolecular Hbond substituents is 1. The quantitative estimate of drug-likeness (QED) is 0.0487. The Morgan fingerprint density at radius 3 is 2.02 bits per heavy atom. The summed E-state index contributed by atoms with van der Waals surface area (Å²) in [4.78, 5) is 73.7. The summed E-state index contributed by atoms with van der Waals surface area (Å²) in [6.45, 7) is 0.0404. The van der Waals surface area contributed by atoms with Gasteiger partial charge in [0.2, 0.25) is 29.5 Å². The average molecular weight is 802 g/mol. The van der Waals surface area contributed by atoms with Gasteiger partial charge in [-0.1, -0.05) is 90.1 Å². The summed E-state index contributed by atoms with van der Waals surface area (Å²) in [6, 6.07) is 24.2. The van der Waals surface area contributed by atoms with Crippen molar-refractivity contribution in [2.24, 2.45) is 16.5 Å². The number of phenols is 1. The van der Waals surface area contributed by atoms with E-state index in [-0.39, 0.29) is 50.4 Å². The molecule has 4 atom stereocenters. The van der Waals surface area contributed by atoms with Crippen molar-refractivity contribution in [1.82, 2.24) is 41.6 Å². The van der Waals surface area contributed by atoms with E-state index in [9.17, 15) is 29.1 Å². The number of fused-ring (bicyclic) bond motifs is 1. The van der Waals surface area contributed by atoms with Gasteiger partial charge in [0.1, 0.15) is 29.9 Å². The fraction of sp³-hybridized carbons (Fsp3) is 0.286. The van der Waals surface area contributed by atoms with Gasteiger partial charge in [-0.05, 0) is 52.4 Å². The van der Waals surface area contributed by atoms with E-state index in [0.29, 0.717) is 17.8 Å². The summed E-state index contributed by atoms with van der Waals surface area (Å²) >= 11 is 0. The number of amides is 5. The molecule has 17 nitrogen and oxygen atoms in total. The van der Waals surface area contributed by atoms with E-state index < -0.39 is 60.2 Å². The Morgan fingerprint density at radius 1 is 0.678 bits per heavy atom. The van der Waals surface area contributed by atoms with E-state index in [2.05, 4.69) is 41.9 Å². The Labute approximate surface area is 340 Å². The molecular formula is C42H47N11O6. The van der Waals surface area contributed by atoms with Crippen LogP contribution in [0.25, 0.3) is 10.8 Å². The van der Waals surface area contributed by atoms with Gasteiger partial charge in [0.05, 0.1) is 18.8 Å². The molecule has 4 aromatic carbocycles. The lowest BCUT2D eigenvalue weighted by Crippen LogP contribution is -2.58. The monoisotopic (exact) mass is 801 g/mol. The highest BCUT2D eigenvalue weighted by Gasteiger charge is 2.33. The number of nitrogens with one attached hydrogen (secondary N) is 5. The molecule has 6 rings (SSSR count). The number of carbonyl (C=O) groups is 5. The number of nitrogens with zero attached hydrogens (tertiary/aromatic N) is 4. The maximum atomic E-state index is 14.3. The molecule has 1 saturated heterocycles. The van der Waals surface area contributed by atoms with Crippen LogP contribution < -0.4 is 38.1 Å². The summed E-state index contributed by atoms with van der Waals surface area (Å²) in [5.74, 6) is -3.58. The lowest BCUT2D eigenvalue weighted by Gasteiger charge is -2.26. The van der Waals surface area contributed by atoms with Crippen molar-refractivity contribution in [1.29, 1.82) is 0 Å². The first-order chi connectivity index (χ1) is 28.5. The highest BCUT2D eigenvalue weighted by atomic mass is 16.3. The maximum absolute atomic E-state index is 14.3. The van der Waals surface area contributed by atoms with Gasteiger partial charge < -0.3 is 43.2 Å².